The number of sulfonamides is 1. The van der Waals surface area contributed by atoms with E-state index in [9.17, 15) is 8.42 Å². The van der Waals surface area contributed by atoms with Gasteiger partial charge in [0.15, 0.2) is 0 Å². The van der Waals surface area contributed by atoms with Crippen molar-refractivity contribution in [2.45, 2.75) is 4.90 Å². The summed E-state index contributed by atoms with van der Waals surface area (Å²) in [6, 6.07) is 10.1. The third-order valence-corrected chi connectivity index (χ3v) is 4.28. The first kappa shape index (κ1) is 12.5. The van der Waals surface area contributed by atoms with Gasteiger partial charge in [-0.15, -0.1) is 0 Å². The average Bonchev–Trinajstić information content (AvgIpc) is 2.89. The molecule has 2 aromatic carbocycles. The smallest absolute Gasteiger partial charge is 0.264 e. The number of hydrogen-bond acceptors (Lipinski definition) is 4. The van der Waals surface area contributed by atoms with Crippen LogP contribution in [-0.4, -0.2) is 18.4 Å². The van der Waals surface area contributed by atoms with E-state index in [0.29, 0.717) is 11.1 Å². The number of H-pyrrole nitrogens is 1. The summed E-state index contributed by atoms with van der Waals surface area (Å²) in [5, 5.41) is 1.38. The van der Waals surface area contributed by atoms with Crippen LogP contribution in [0.4, 0.5) is 11.6 Å². The highest BCUT2D eigenvalue weighted by atomic mass is 32.2. The molecule has 0 aliphatic heterocycles. The van der Waals surface area contributed by atoms with Crippen LogP contribution in [0.15, 0.2) is 53.7 Å². The largest absolute Gasteiger partial charge is 0.399 e. The number of aromatic nitrogens is 2. The number of nitrogens with one attached hydrogen (secondary N) is 2. The zero-order valence-corrected chi connectivity index (χ0v) is 11.2. The maximum absolute atomic E-state index is 12.4. The van der Waals surface area contributed by atoms with Crippen molar-refractivity contribution in [2.24, 2.45) is 0 Å². The number of nitrogens with two attached hydrogens (primary N) is 1. The third kappa shape index (κ3) is 2.19. The Bertz CT molecular complexity index is 857. The lowest BCUT2D eigenvalue weighted by molar-refractivity contribution is 0.601. The summed E-state index contributed by atoms with van der Waals surface area (Å²) in [6.45, 7) is 0. The van der Waals surface area contributed by atoms with E-state index < -0.39 is 10.0 Å². The van der Waals surface area contributed by atoms with Gasteiger partial charge >= 0.3 is 0 Å². The van der Waals surface area contributed by atoms with Crippen LogP contribution in [0.1, 0.15) is 0 Å². The molecular weight excluding hydrogens is 276 g/mol. The topological polar surface area (TPSA) is 101 Å². The number of imidazole rings is 1. The molecule has 4 N–H and O–H groups in total. The van der Waals surface area contributed by atoms with Crippen LogP contribution < -0.4 is 10.5 Å². The van der Waals surface area contributed by atoms with Crippen LogP contribution in [0, 0.1) is 0 Å². The third-order valence-electron chi connectivity index (χ3n) is 2.88. The maximum atomic E-state index is 12.4. The first-order valence-electron chi connectivity index (χ1n) is 5.87. The highest BCUT2D eigenvalue weighted by Crippen LogP contribution is 2.25. The lowest BCUT2D eigenvalue weighted by atomic mass is 10.1. The van der Waals surface area contributed by atoms with E-state index in [1.807, 2.05) is 6.07 Å². The average molecular weight is 288 g/mol. The molecule has 1 heterocycles. The van der Waals surface area contributed by atoms with Crippen molar-refractivity contribution in [3.8, 4) is 0 Å². The van der Waals surface area contributed by atoms with Crippen molar-refractivity contribution < 1.29 is 8.42 Å². The Balaban J connectivity index is 2.14. The summed E-state index contributed by atoms with van der Waals surface area (Å²) in [7, 11) is -3.71. The Morgan fingerprint density at radius 2 is 2.05 bits per heavy atom. The molecule has 7 heteroatoms. The number of benzene rings is 2. The van der Waals surface area contributed by atoms with E-state index in [1.54, 1.807) is 36.5 Å². The number of rotatable bonds is 3. The van der Waals surface area contributed by atoms with Crippen LogP contribution >= 0.6 is 0 Å². The zero-order chi connectivity index (χ0) is 14.2. The lowest BCUT2D eigenvalue weighted by Crippen LogP contribution is -2.14. The molecule has 0 aliphatic carbocycles. The van der Waals surface area contributed by atoms with E-state index in [4.69, 9.17) is 5.73 Å². The quantitative estimate of drug-likeness (QED) is 0.641. The molecule has 0 radical (unpaired) electrons. The molecular formula is C13H12N4O2S. The van der Waals surface area contributed by atoms with Crippen LogP contribution in [0.3, 0.4) is 0 Å². The van der Waals surface area contributed by atoms with Gasteiger partial charge in [-0.25, -0.2) is 18.1 Å². The second kappa shape index (κ2) is 4.53. The highest BCUT2D eigenvalue weighted by Gasteiger charge is 2.18. The van der Waals surface area contributed by atoms with Crippen molar-refractivity contribution in [2.75, 3.05) is 10.5 Å². The Hall–Kier alpha value is -2.54. The SMILES string of the molecule is Nc1ccc2c(S(=O)(=O)Nc3ncc[nH]3)cccc2c1. The van der Waals surface area contributed by atoms with Crippen LogP contribution in [0.2, 0.25) is 0 Å². The van der Waals surface area contributed by atoms with Crippen molar-refractivity contribution in [3.05, 3.63) is 48.8 Å². The number of fused-ring (bicyclic) bond motifs is 1. The van der Waals surface area contributed by atoms with Crippen molar-refractivity contribution >= 4 is 32.4 Å². The van der Waals surface area contributed by atoms with Gasteiger partial charge in [0.2, 0.25) is 5.95 Å². The second-order valence-electron chi connectivity index (χ2n) is 4.28. The molecule has 0 aliphatic rings. The van der Waals surface area contributed by atoms with E-state index >= 15 is 0 Å². The van der Waals surface area contributed by atoms with E-state index in [2.05, 4.69) is 14.7 Å². The van der Waals surface area contributed by atoms with Gasteiger partial charge in [-0.2, -0.15) is 0 Å². The van der Waals surface area contributed by atoms with Crippen molar-refractivity contribution in [1.29, 1.82) is 0 Å². The molecule has 3 aromatic rings. The lowest BCUT2D eigenvalue weighted by Gasteiger charge is -2.09. The molecule has 0 amide bonds. The molecule has 0 bridgehead atoms. The van der Waals surface area contributed by atoms with Crippen molar-refractivity contribution in [1.82, 2.24) is 9.97 Å². The summed E-state index contributed by atoms with van der Waals surface area (Å²) in [5.74, 6) is 0.178. The Labute approximate surface area is 115 Å². The molecule has 0 unspecified atom stereocenters. The predicted molar refractivity (Wildman–Crippen MR) is 77.8 cm³/mol. The fourth-order valence-electron chi connectivity index (χ4n) is 2.01. The number of anilines is 2. The number of hydrogen-bond donors (Lipinski definition) is 3. The first-order chi connectivity index (χ1) is 9.56. The van der Waals surface area contributed by atoms with E-state index in [0.717, 1.165) is 5.39 Å². The highest BCUT2D eigenvalue weighted by molar-refractivity contribution is 7.93. The number of nitrogens with zero attached hydrogens (tertiary/aromatic N) is 1. The summed E-state index contributed by atoms with van der Waals surface area (Å²) >= 11 is 0. The summed E-state index contributed by atoms with van der Waals surface area (Å²) in [5.41, 5.74) is 6.30. The standard InChI is InChI=1S/C13H12N4O2S/c14-10-4-5-11-9(8-10)2-1-3-12(11)20(18,19)17-13-15-6-7-16-13/h1-8H,14H2,(H2,15,16,17). The van der Waals surface area contributed by atoms with Gasteiger partial charge in [0.05, 0.1) is 4.90 Å². The molecule has 6 nitrogen and oxygen atoms in total. The minimum Gasteiger partial charge on any atom is -0.399 e. The van der Waals surface area contributed by atoms with Gasteiger partial charge in [0, 0.05) is 23.5 Å². The minimum absolute atomic E-state index is 0.178. The molecule has 3 rings (SSSR count). The van der Waals surface area contributed by atoms with Gasteiger partial charge in [-0.3, -0.25) is 0 Å². The monoisotopic (exact) mass is 288 g/mol. The van der Waals surface area contributed by atoms with E-state index in [1.165, 1.54) is 6.20 Å². The zero-order valence-electron chi connectivity index (χ0n) is 10.4. The molecule has 0 atom stereocenters. The van der Waals surface area contributed by atoms with Crippen LogP contribution in [0.25, 0.3) is 10.8 Å². The van der Waals surface area contributed by atoms with Gasteiger partial charge in [-0.1, -0.05) is 18.2 Å². The van der Waals surface area contributed by atoms with Crippen molar-refractivity contribution in [3.63, 3.8) is 0 Å². The van der Waals surface area contributed by atoms with Gasteiger partial charge < -0.3 is 10.7 Å². The van der Waals surface area contributed by atoms with Crippen LogP contribution in [0.5, 0.6) is 0 Å². The fraction of sp³-hybridized carbons (Fsp3) is 0. The molecule has 0 saturated carbocycles. The number of aromatic amines is 1. The second-order valence-corrected chi connectivity index (χ2v) is 5.93. The maximum Gasteiger partial charge on any atom is 0.264 e. The Kier molecular flexibility index (Phi) is 2.83. The molecule has 0 saturated heterocycles. The summed E-state index contributed by atoms with van der Waals surface area (Å²) < 4.78 is 27.2. The molecule has 0 fully saturated rings. The van der Waals surface area contributed by atoms with Gasteiger partial charge in [0.1, 0.15) is 0 Å². The van der Waals surface area contributed by atoms with E-state index in [-0.39, 0.29) is 10.8 Å². The molecule has 102 valence electrons. The summed E-state index contributed by atoms with van der Waals surface area (Å²) in [6.07, 6.45) is 3.02. The predicted octanol–water partition coefficient (Wildman–Crippen LogP) is 1.95. The summed E-state index contributed by atoms with van der Waals surface area (Å²) in [4.78, 5) is 6.74. The van der Waals surface area contributed by atoms with Crippen LogP contribution in [-0.2, 0) is 10.0 Å². The Morgan fingerprint density at radius 3 is 2.80 bits per heavy atom. The molecule has 0 spiro atoms. The molecule has 20 heavy (non-hydrogen) atoms. The normalized spacial score (nSPS) is 11.6. The first-order valence-corrected chi connectivity index (χ1v) is 7.35. The minimum atomic E-state index is -3.71. The molecule has 1 aromatic heterocycles. The number of nitrogen functional groups attached to an aromatic ring is 1. The van der Waals surface area contributed by atoms with Gasteiger partial charge in [0.25, 0.3) is 10.0 Å². The Morgan fingerprint density at radius 1 is 1.20 bits per heavy atom. The van der Waals surface area contributed by atoms with Gasteiger partial charge in [-0.05, 0) is 23.6 Å². The fourth-order valence-corrected chi connectivity index (χ4v) is 3.22.